The lowest BCUT2D eigenvalue weighted by Gasteiger charge is -2.25. The molecule has 0 heterocycles. The van der Waals surface area contributed by atoms with Gasteiger partial charge >= 0.3 is 12.2 Å². The van der Waals surface area contributed by atoms with Crippen molar-refractivity contribution in [3.63, 3.8) is 0 Å². The normalized spacial score (nSPS) is 12.8. The fraction of sp³-hybridized carbons (Fsp3) is 0.550. The highest BCUT2D eigenvalue weighted by atomic mass is 16.6. The van der Waals surface area contributed by atoms with Crippen LogP contribution in [-0.4, -0.2) is 36.0 Å². The maximum absolute atomic E-state index is 12.1. The van der Waals surface area contributed by atoms with Crippen molar-refractivity contribution < 1.29 is 19.1 Å². The molecule has 1 aromatic rings. The van der Waals surface area contributed by atoms with Gasteiger partial charge in [0.2, 0.25) is 0 Å². The van der Waals surface area contributed by atoms with Crippen LogP contribution in [-0.2, 0) is 15.9 Å². The number of carbonyl (C=O) groups is 2. The fourth-order valence-electron chi connectivity index (χ4n) is 2.05. The van der Waals surface area contributed by atoms with Gasteiger partial charge in [0.1, 0.15) is 11.2 Å². The molecule has 0 saturated carbocycles. The van der Waals surface area contributed by atoms with Crippen molar-refractivity contribution in [3.8, 4) is 0 Å². The predicted octanol–water partition coefficient (Wildman–Crippen LogP) is 3.85. The molecule has 0 aliphatic carbocycles. The Bertz CT molecular complexity index is 574. The third-order valence-corrected chi connectivity index (χ3v) is 3.05. The van der Waals surface area contributed by atoms with Gasteiger partial charge in [0.15, 0.2) is 0 Å². The Balaban J connectivity index is 2.62. The van der Waals surface area contributed by atoms with E-state index in [-0.39, 0.29) is 6.54 Å². The number of alkyl carbamates (subject to hydrolysis) is 2. The second-order valence-electron chi connectivity index (χ2n) is 8.06. The topological polar surface area (TPSA) is 76.7 Å². The molecule has 0 aliphatic rings. The second-order valence-corrected chi connectivity index (χ2v) is 8.06. The predicted molar refractivity (Wildman–Crippen MR) is 102 cm³/mol. The lowest BCUT2D eigenvalue weighted by molar-refractivity contribution is 0.0471. The lowest BCUT2D eigenvalue weighted by atomic mass is 10.1. The largest absolute Gasteiger partial charge is 0.444 e. The highest BCUT2D eigenvalue weighted by Crippen LogP contribution is 2.09. The van der Waals surface area contributed by atoms with Crippen LogP contribution in [0.15, 0.2) is 30.3 Å². The minimum Gasteiger partial charge on any atom is -0.444 e. The van der Waals surface area contributed by atoms with Gasteiger partial charge in [-0.05, 0) is 59.9 Å². The first-order valence-electron chi connectivity index (χ1n) is 8.78. The van der Waals surface area contributed by atoms with E-state index in [2.05, 4.69) is 10.6 Å². The summed E-state index contributed by atoms with van der Waals surface area (Å²) in [5.74, 6) is 0. The quantitative estimate of drug-likeness (QED) is 0.805. The molecule has 6 heteroatoms. The van der Waals surface area contributed by atoms with Gasteiger partial charge in [-0.15, -0.1) is 0 Å². The summed E-state index contributed by atoms with van der Waals surface area (Å²) in [6, 6.07) is 9.48. The summed E-state index contributed by atoms with van der Waals surface area (Å²) in [5.41, 5.74) is -0.0563. The SMILES string of the molecule is CC(C)(C)OC(=O)NCC([CH]Cc1ccccc1)NC(=O)OC(C)(C)C. The molecule has 6 nitrogen and oxygen atoms in total. The first-order chi connectivity index (χ1) is 11.9. The van der Waals surface area contributed by atoms with Crippen LogP contribution in [0.1, 0.15) is 47.1 Å². The Kier molecular flexibility index (Phi) is 7.93. The Labute approximate surface area is 156 Å². The van der Waals surface area contributed by atoms with Crippen LogP contribution >= 0.6 is 0 Å². The van der Waals surface area contributed by atoms with Crippen LogP contribution in [0.2, 0.25) is 0 Å². The van der Waals surface area contributed by atoms with Gasteiger partial charge in [0, 0.05) is 6.54 Å². The molecule has 145 valence electrons. The summed E-state index contributed by atoms with van der Waals surface area (Å²) in [4.78, 5) is 23.9. The van der Waals surface area contributed by atoms with E-state index in [9.17, 15) is 9.59 Å². The number of benzene rings is 1. The molecule has 1 atom stereocenters. The highest BCUT2D eigenvalue weighted by Gasteiger charge is 2.21. The van der Waals surface area contributed by atoms with E-state index < -0.39 is 29.4 Å². The maximum atomic E-state index is 12.1. The molecule has 0 bridgehead atoms. The molecule has 2 N–H and O–H groups in total. The van der Waals surface area contributed by atoms with Crippen LogP contribution in [0.3, 0.4) is 0 Å². The lowest BCUT2D eigenvalue weighted by Crippen LogP contribution is -2.46. The standard InChI is InChI=1S/C20H31N2O4/c1-19(2,3)25-17(23)21-14-16(22-18(24)26-20(4,5)6)13-12-15-10-8-7-9-11-15/h7-11,13,16H,12,14H2,1-6H3,(H,21,23)(H,22,24). The molecule has 0 aliphatic heterocycles. The summed E-state index contributed by atoms with van der Waals surface area (Å²) in [6.45, 7) is 11.0. The number of amides is 2. The van der Waals surface area contributed by atoms with Crippen molar-refractivity contribution in [2.24, 2.45) is 0 Å². The minimum absolute atomic E-state index is 0.209. The summed E-state index contributed by atoms with van der Waals surface area (Å²) in [6.07, 6.45) is 1.52. The fourth-order valence-corrected chi connectivity index (χ4v) is 2.05. The van der Waals surface area contributed by atoms with E-state index in [1.165, 1.54) is 0 Å². The summed E-state index contributed by atoms with van der Waals surface area (Å²) in [7, 11) is 0. The molecule has 1 radical (unpaired) electrons. The molecule has 0 spiro atoms. The zero-order chi connectivity index (χ0) is 19.8. The van der Waals surface area contributed by atoms with E-state index in [0.29, 0.717) is 6.42 Å². The number of hydrogen-bond acceptors (Lipinski definition) is 4. The molecule has 0 fully saturated rings. The molecule has 0 saturated heterocycles. The number of nitrogens with one attached hydrogen (secondary N) is 2. The van der Waals surface area contributed by atoms with E-state index in [0.717, 1.165) is 5.56 Å². The minimum atomic E-state index is -0.591. The van der Waals surface area contributed by atoms with E-state index in [4.69, 9.17) is 9.47 Å². The first-order valence-corrected chi connectivity index (χ1v) is 8.78. The number of ether oxygens (including phenoxy) is 2. The van der Waals surface area contributed by atoms with Crippen molar-refractivity contribution in [1.82, 2.24) is 10.6 Å². The van der Waals surface area contributed by atoms with Crippen molar-refractivity contribution in [2.45, 2.75) is 65.2 Å². The van der Waals surface area contributed by atoms with E-state index >= 15 is 0 Å². The number of carbonyl (C=O) groups excluding carboxylic acids is 2. The van der Waals surface area contributed by atoms with E-state index in [1.807, 2.05) is 36.8 Å². The first kappa shape index (κ1) is 21.8. The van der Waals surface area contributed by atoms with E-state index in [1.54, 1.807) is 41.5 Å². The smallest absolute Gasteiger partial charge is 0.407 e. The molecule has 26 heavy (non-hydrogen) atoms. The number of hydrogen-bond donors (Lipinski definition) is 2. The van der Waals surface area contributed by atoms with Crippen LogP contribution in [0.5, 0.6) is 0 Å². The molecule has 2 amide bonds. The third kappa shape index (κ3) is 10.6. The van der Waals surface area contributed by atoms with Crippen LogP contribution in [0, 0.1) is 6.42 Å². The van der Waals surface area contributed by atoms with Crippen molar-refractivity contribution >= 4 is 12.2 Å². The Morgan fingerprint density at radius 3 is 2.04 bits per heavy atom. The second kappa shape index (κ2) is 9.46. The van der Waals surface area contributed by atoms with Crippen LogP contribution in [0.4, 0.5) is 9.59 Å². The van der Waals surface area contributed by atoms with Gasteiger partial charge in [-0.1, -0.05) is 30.3 Å². The zero-order valence-corrected chi connectivity index (χ0v) is 16.6. The Hall–Kier alpha value is -2.24. The summed E-state index contributed by atoms with van der Waals surface area (Å²) < 4.78 is 10.5. The molecular weight excluding hydrogens is 332 g/mol. The van der Waals surface area contributed by atoms with Crippen LogP contribution in [0.25, 0.3) is 0 Å². The van der Waals surface area contributed by atoms with Crippen LogP contribution < -0.4 is 10.6 Å². The van der Waals surface area contributed by atoms with Gasteiger partial charge in [-0.3, -0.25) is 0 Å². The van der Waals surface area contributed by atoms with Gasteiger partial charge in [0.05, 0.1) is 6.04 Å². The number of rotatable bonds is 6. The summed E-state index contributed by atoms with van der Waals surface area (Å²) >= 11 is 0. The van der Waals surface area contributed by atoms with Crippen molar-refractivity contribution in [1.29, 1.82) is 0 Å². The van der Waals surface area contributed by atoms with Crippen molar-refractivity contribution in [2.75, 3.05) is 6.54 Å². The zero-order valence-electron chi connectivity index (χ0n) is 16.6. The average molecular weight is 363 g/mol. The van der Waals surface area contributed by atoms with Gasteiger partial charge in [-0.2, -0.15) is 0 Å². The molecule has 1 aromatic carbocycles. The molecule has 0 aromatic heterocycles. The maximum Gasteiger partial charge on any atom is 0.407 e. The molecule has 1 rings (SSSR count). The third-order valence-electron chi connectivity index (χ3n) is 3.05. The van der Waals surface area contributed by atoms with Gasteiger partial charge in [0.25, 0.3) is 0 Å². The van der Waals surface area contributed by atoms with Crippen molar-refractivity contribution in [3.05, 3.63) is 42.3 Å². The average Bonchev–Trinajstić information content (AvgIpc) is 2.47. The molecular formula is C20H31N2O4. The van der Waals surface area contributed by atoms with Gasteiger partial charge < -0.3 is 20.1 Å². The summed E-state index contributed by atoms with van der Waals surface area (Å²) in [5, 5.41) is 5.46. The highest BCUT2D eigenvalue weighted by molar-refractivity contribution is 5.69. The molecule has 1 unspecified atom stereocenters. The Morgan fingerprint density at radius 2 is 1.50 bits per heavy atom. The monoisotopic (exact) mass is 363 g/mol. The van der Waals surface area contributed by atoms with Gasteiger partial charge in [-0.25, -0.2) is 9.59 Å². The Morgan fingerprint density at radius 1 is 0.962 bits per heavy atom.